The summed E-state index contributed by atoms with van der Waals surface area (Å²) in [6.07, 6.45) is 7.33. The van der Waals surface area contributed by atoms with Gasteiger partial charge in [0.25, 0.3) is 0 Å². The van der Waals surface area contributed by atoms with Crippen LogP contribution in [0.25, 0.3) is 33.6 Å². The summed E-state index contributed by atoms with van der Waals surface area (Å²) < 4.78 is 20.5. The van der Waals surface area contributed by atoms with Gasteiger partial charge in [-0.05, 0) is 110 Å². The van der Waals surface area contributed by atoms with Gasteiger partial charge in [0, 0.05) is 26.8 Å². The summed E-state index contributed by atoms with van der Waals surface area (Å²) in [5.74, 6) is 1.29. The lowest BCUT2D eigenvalue weighted by molar-refractivity contribution is -0.141. The first-order valence-corrected chi connectivity index (χ1v) is 20.8. The van der Waals surface area contributed by atoms with E-state index in [2.05, 4.69) is 57.0 Å². The topological polar surface area (TPSA) is 193 Å². The molecule has 4 aromatic rings. The smallest absolute Gasteiger partial charge is 0.407 e. The predicted molar refractivity (Wildman–Crippen MR) is 220 cm³/mol. The molecule has 0 radical (unpaired) electrons. The Labute approximate surface area is 349 Å². The molecule has 0 spiro atoms. The Balaban J connectivity index is 0.983. The quantitative estimate of drug-likeness (QED) is 0.143. The van der Waals surface area contributed by atoms with E-state index in [1.54, 1.807) is 18.7 Å². The minimum absolute atomic E-state index is 0.0709. The number of likely N-dealkylation sites (tertiary alicyclic amines) is 2. The van der Waals surface area contributed by atoms with E-state index in [-0.39, 0.29) is 35.9 Å². The molecule has 4 N–H and O–H groups in total. The number of amides is 4. The molecule has 4 heterocycles. The highest BCUT2D eigenvalue weighted by Gasteiger charge is 2.52. The number of aromatic amines is 2. The number of imidazole rings is 2. The highest BCUT2D eigenvalue weighted by Crippen LogP contribution is 2.50. The monoisotopic (exact) mass is 822 g/mol. The number of alkyl carbamates (subject to hydrolysis) is 2. The molecule has 8 atom stereocenters. The number of carbonyl (C=O) groups is 4. The molecule has 2 saturated heterocycles. The fourth-order valence-corrected chi connectivity index (χ4v) is 9.73. The second-order valence-corrected chi connectivity index (χ2v) is 16.3. The number of piperidine rings is 1. The van der Waals surface area contributed by atoms with Crippen LogP contribution in [0.1, 0.15) is 80.8 Å². The third kappa shape index (κ3) is 7.62. The van der Waals surface area contributed by atoms with E-state index in [1.165, 1.54) is 50.7 Å². The van der Waals surface area contributed by atoms with E-state index in [0.717, 1.165) is 73.3 Å². The number of H-pyrrole nitrogens is 2. The molecular weight excluding hydrogens is 769 g/mol. The van der Waals surface area contributed by atoms with Crippen LogP contribution in [0.2, 0.25) is 0 Å². The Kier molecular flexibility index (Phi) is 11.7. The van der Waals surface area contributed by atoms with E-state index < -0.39 is 36.5 Å². The van der Waals surface area contributed by atoms with Gasteiger partial charge in [0.05, 0.1) is 62.3 Å². The van der Waals surface area contributed by atoms with Crippen molar-refractivity contribution in [1.82, 2.24) is 40.4 Å². The van der Waals surface area contributed by atoms with Gasteiger partial charge in [-0.1, -0.05) is 24.3 Å². The van der Waals surface area contributed by atoms with E-state index >= 15 is 0 Å². The maximum Gasteiger partial charge on any atom is 0.407 e. The molecule has 2 aliphatic carbocycles. The minimum atomic E-state index is -0.896. The van der Waals surface area contributed by atoms with E-state index in [9.17, 15) is 19.2 Å². The summed E-state index contributed by atoms with van der Waals surface area (Å²) in [4.78, 5) is 72.4. The number of carbonyl (C=O) groups excluding carboxylic acids is 4. The van der Waals surface area contributed by atoms with E-state index in [0.29, 0.717) is 12.4 Å². The van der Waals surface area contributed by atoms with Crippen LogP contribution < -0.4 is 10.6 Å². The van der Waals surface area contributed by atoms with Crippen molar-refractivity contribution in [3.8, 4) is 33.6 Å². The lowest BCUT2D eigenvalue weighted by atomic mass is 9.83. The Hall–Kier alpha value is -5.74. The number of ether oxygens (including phenoxy) is 4. The van der Waals surface area contributed by atoms with Crippen molar-refractivity contribution in [3.05, 3.63) is 71.6 Å². The van der Waals surface area contributed by atoms with Crippen LogP contribution in [0.5, 0.6) is 0 Å². The number of rotatable bonds is 12. The van der Waals surface area contributed by atoms with Gasteiger partial charge in [-0.25, -0.2) is 19.6 Å². The van der Waals surface area contributed by atoms with Gasteiger partial charge in [0.15, 0.2) is 0 Å². The number of methoxy groups -OCH3 is 4. The predicted octanol–water partition coefficient (Wildman–Crippen LogP) is 5.47. The number of nitrogens with one attached hydrogen (secondary N) is 4. The number of fused-ring (bicyclic) bond motifs is 5. The van der Waals surface area contributed by atoms with Crippen molar-refractivity contribution in [2.45, 2.75) is 101 Å². The van der Waals surface area contributed by atoms with Crippen LogP contribution in [0.4, 0.5) is 9.59 Å². The molecule has 2 aromatic carbocycles. The number of benzene rings is 2. The molecule has 16 heteroatoms. The van der Waals surface area contributed by atoms with Gasteiger partial charge in [0.2, 0.25) is 11.8 Å². The summed E-state index contributed by atoms with van der Waals surface area (Å²) in [5, 5.41) is 5.33. The number of nitrogens with zero attached hydrogens (tertiary/aromatic N) is 4. The number of aryl methyl sites for hydroxylation is 2. The van der Waals surface area contributed by atoms with Crippen molar-refractivity contribution in [3.63, 3.8) is 0 Å². The summed E-state index contributed by atoms with van der Waals surface area (Å²) in [6, 6.07) is 10.8. The van der Waals surface area contributed by atoms with Crippen LogP contribution in [-0.4, -0.2) is 119 Å². The van der Waals surface area contributed by atoms with Gasteiger partial charge >= 0.3 is 12.2 Å². The van der Waals surface area contributed by atoms with Gasteiger partial charge in [0.1, 0.15) is 23.7 Å². The minimum Gasteiger partial charge on any atom is -0.453 e. The molecule has 2 bridgehead atoms. The second kappa shape index (κ2) is 17.1. The summed E-state index contributed by atoms with van der Waals surface area (Å²) in [6.45, 7) is 4.05. The van der Waals surface area contributed by atoms with Crippen molar-refractivity contribution in [2.75, 3.05) is 35.0 Å². The first-order valence-electron chi connectivity index (χ1n) is 20.8. The average molecular weight is 823 g/mol. The molecule has 4 aliphatic rings. The summed E-state index contributed by atoms with van der Waals surface area (Å²) in [7, 11) is 5.57. The Morgan fingerprint density at radius 1 is 0.733 bits per heavy atom. The summed E-state index contributed by atoms with van der Waals surface area (Å²) in [5.41, 5.74) is 8.69. The van der Waals surface area contributed by atoms with Gasteiger partial charge in [-0.3, -0.25) is 9.59 Å². The first kappa shape index (κ1) is 41.0. The standard InChI is InChI=1S/C44H54N8O8/c1-23(57-3)36(49-43(55)59-5)41(53)51-17-7-8-35(51)39-45-21-33(47-39)27-12-15-31-25(18-27)9-10-26-19-28(13-16-32(26)31)34-22-46-40(48-34)38-29-11-14-30(20-29)52(38)42(54)37(24(2)58-4)50-44(56)60-6/h12-13,15-16,18-19,21-24,29-30,35-38H,7-11,14,17,20H2,1-6H3,(H,45,47)(H,46,48)(H,49,55)(H,50,56)/t23-,24-,29+,30-,35+,36+,37+,38?/m1/s1. The maximum atomic E-state index is 14.1. The van der Waals surface area contributed by atoms with E-state index in [1.807, 2.05) is 17.3 Å². The van der Waals surface area contributed by atoms with E-state index in [4.69, 9.17) is 28.9 Å². The normalized spacial score (nSPS) is 22.4. The van der Waals surface area contributed by atoms with Crippen LogP contribution in [-0.2, 0) is 41.4 Å². The Bertz CT molecular complexity index is 2260. The molecule has 3 fully saturated rings. The molecule has 16 nitrogen and oxygen atoms in total. The maximum absolute atomic E-state index is 14.1. The van der Waals surface area contributed by atoms with Gasteiger partial charge in [-0.2, -0.15) is 0 Å². The molecule has 318 valence electrons. The van der Waals surface area contributed by atoms with Crippen molar-refractivity contribution in [2.24, 2.45) is 5.92 Å². The fourth-order valence-electron chi connectivity index (χ4n) is 9.73. The molecule has 4 amide bonds. The molecule has 8 rings (SSSR count). The van der Waals surface area contributed by atoms with Crippen molar-refractivity contribution in [1.29, 1.82) is 0 Å². The van der Waals surface area contributed by atoms with Gasteiger partial charge < -0.3 is 49.3 Å². The average Bonchev–Trinajstić information content (AvgIpc) is 4.14. The molecule has 60 heavy (non-hydrogen) atoms. The number of hydrogen-bond donors (Lipinski definition) is 4. The molecule has 1 unspecified atom stereocenters. The zero-order chi connectivity index (χ0) is 42.2. The van der Waals surface area contributed by atoms with Crippen LogP contribution in [0.15, 0.2) is 48.8 Å². The second-order valence-electron chi connectivity index (χ2n) is 16.3. The molecular formula is C44H54N8O8. The fraction of sp³-hybridized carbons (Fsp3) is 0.500. The van der Waals surface area contributed by atoms with Crippen LogP contribution in [0.3, 0.4) is 0 Å². The largest absolute Gasteiger partial charge is 0.453 e. The highest BCUT2D eigenvalue weighted by molar-refractivity contribution is 5.88. The van der Waals surface area contributed by atoms with Crippen LogP contribution in [0, 0.1) is 5.92 Å². The third-order valence-electron chi connectivity index (χ3n) is 13.1. The zero-order valence-electron chi connectivity index (χ0n) is 34.9. The Morgan fingerprint density at radius 2 is 1.28 bits per heavy atom. The number of aromatic nitrogens is 4. The van der Waals surface area contributed by atoms with Gasteiger partial charge in [-0.15, -0.1) is 0 Å². The highest BCUT2D eigenvalue weighted by atomic mass is 16.5. The molecule has 2 aliphatic heterocycles. The molecule has 2 aromatic heterocycles. The third-order valence-corrected chi connectivity index (χ3v) is 13.1. The Morgan fingerprint density at radius 3 is 1.85 bits per heavy atom. The zero-order valence-corrected chi connectivity index (χ0v) is 34.9. The molecule has 1 saturated carbocycles. The van der Waals surface area contributed by atoms with Crippen LogP contribution >= 0.6 is 0 Å². The summed E-state index contributed by atoms with van der Waals surface area (Å²) >= 11 is 0. The lowest BCUT2D eigenvalue weighted by Crippen LogP contribution is -2.56. The van der Waals surface area contributed by atoms with Crippen molar-refractivity contribution < 1.29 is 38.1 Å². The SMILES string of the molecule is COC(=O)N[C@H](C(=O)N1CCC[C@H]1c1ncc(-c2ccc3c(c2)CCc2cc(-c4cnc(C5[C@H]6CC[C@H](C6)N5C(=O)[C@@H](NC(=O)OC)[C@@H](C)OC)[nH]4)ccc2-3)[nH]1)[C@@H](C)OC. The first-order chi connectivity index (χ1) is 29.0. The number of hydrogen-bond acceptors (Lipinski definition) is 10. The van der Waals surface area contributed by atoms with Crippen molar-refractivity contribution >= 4 is 24.0 Å². The lowest BCUT2D eigenvalue weighted by Gasteiger charge is -2.37.